The van der Waals surface area contributed by atoms with E-state index in [1.807, 2.05) is 58.9 Å². The molecule has 0 radical (unpaired) electrons. The highest BCUT2D eigenvalue weighted by atomic mass is 16.5. The fraction of sp³-hybridized carbons (Fsp3) is 0.364. The van der Waals surface area contributed by atoms with Gasteiger partial charge in [0.25, 0.3) is 5.91 Å². The Morgan fingerprint density at radius 3 is 2.96 bits per heavy atom. The minimum absolute atomic E-state index is 0.0866. The van der Waals surface area contributed by atoms with Crippen molar-refractivity contribution < 1.29 is 9.53 Å². The van der Waals surface area contributed by atoms with Crippen LogP contribution >= 0.6 is 0 Å². The summed E-state index contributed by atoms with van der Waals surface area (Å²) < 4.78 is 7.89. The Hall–Kier alpha value is -2.82. The van der Waals surface area contributed by atoms with E-state index in [0.29, 0.717) is 18.1 Å². The molecule has 1 aromatic carbocycles. The number of hydrogen-bond donors (Lipinski definition) is 0. The maximum absolute atomic E-state index is 13.0. The Morgan fingerprint density at radius 2 is 2.11 bits per heavy atom. The molecule has 3 heterocycles. The van der Waals surface area contributed by atoms with Gasteiger partial charge in [0.2, 0.25) is 0 Å². The van der Waals surface area contributed by atoms with Gasteiger partial charge in [-0.05, 0) is 56.5 Å². The molecule has 1 saturated heterocycles. The van der Waals surface area contributed by atoms with Gasteiger partial charge in [-0.2, -0.15) is 0 Å². The number of carbonyl (C=O) groups is 1. The number of nitrogens with zero attached hydrogens (tertiary/aromatic N) is 3. The predicted octanol–water partition coefficient (Wildman–Crippen LogP) is 3.88. The topological polar surface area (TPSA) is 46.8 Å². The van der Waals surface area contributed by atoms with Gasteiger partial charge in [0.1, 0.15) is 11.4 Å². The number of rotatable bonds is 4. The molecule has 0 spiro atoms. The number of aromatic nitrogens is 2. The number of carbonyl (C=O) groups excluding carboxylic acids is 1. The lowest BCUT2D eigenvalue weighted by molar-refractivity contribution is 0.0633. The van der Waals surface area contributed by atoms with Gasteiger partial charge in [-0.25, -0.2) is 4.98 Å². The Labute approximate surface area is 159 Å². The fourth-order valence-electron chi connectivity index (χ4n) is 3.73. The van der Waals surface area contributed by atoms with E-state index in [2.05, 4.69) is 18.0 Å². The zero-order valence-electron chi connectivity index (χ0n) is 15.9. The van der Waals surface area contributed by atoms with Crippen LogP contribution in [0.4, 0.5) is 0 Å². The molecule has 1 aliphatic heterocycles. The zero-order chi connectivity index (χ0) is 18.8. The van der Waals surface area contributed by atoms with Crippen molar-refractivity contribution in [3.05, 3.63) is 65.6 Å². The molecule has 2 aromatic heterocycles. The second kappa shape index (κ2) is 7.43. The average Bonchev–Trinajstić information content (AvgIpc) is 3.05. The number of imidazole rings is 1. The minimum Gasteiger partial charge on any atom is -0.493 e. The zero-order valence-corrected chi connectivity index (χ0v) is 15.9. The normalized spacial score (nSPS) is 17.3. The molecule has 0 bridgehead atoms. The molecule has 1 aliphatic rings. The van der Waals surface area contributed by atoms with Gasteiger partial charge in [0, 0.05) is 31.4 Å². The standard InChI is InChI=1S/C22H25N3O2/c1-16-5-3-7-20(11-16)27-15-18-6-4-10-24(13-18)22(26)19-8-9-21-23-17(2)12-25(21)14-19/h3,5,7-9,11-12,14,18H,4,6,10,13,15H2,1-2H3/t18-/m0/s1. The van der Waals surface area contributed by atoms with Crippen molar-refractivity contribution in [3.8, 4) is 5.75 Å². The Bertz CT molecular complexity index is 963. The van der Waals surface area contributed by atoms with Crippen molar-refractivity contribution in [1.82, 2.24) is 14.3 Å². The van der Waals surface area contributed by atoms with Crippen LogP contribution in [0, 0.1) is 19.8 Å². The lowest BCUT2D eigenvalue weighted by atomic mass is 9.98. The molecule has 3 aromatic rings. The lowest BCUT2D eigenvalue weighted by Crippen LogP contribution is -2.41. The first-order valence-corrected chi connectivity index (χ1v) is 9.52. The molecular weight excluding hydrogens is 338 g/mol. The Kier molecular flexibility index (Phi) is 4.84. The minimum atomic E-state index is 0.0866. The third-order valence-corrected chi connectivity index (χ3v) is 5.10. The summed E-state index contributed by atoms with van der Waals surface area (Å²) in [7, 11) is 0. The number of pyridine rings is 1. The second-order valence-corrected chi connectivity index (χ2v) is 7.45. The van der Waals surface area contributed by atoms with Crippen molar-refractivity contribution in [3.63, 3.8) is 0 Å². The Morgan fingerprint density at radius 1 is 1.22 bits per heavy atom. The molecular formula is C22H25N3O2. The van der Waals surface area contributed by atoms with Crippen LogP contribution < -0.4 is 4.74 Å². The molecule has 0 N–H and O–H groups in total. The van der Waals surface area contributed by atoms with Crippen molar-refractivity contribution in [2.75, 3.05) is 19.7 Å². The molecule has 1 amide bonds. The van der Waals surface area contributed by atoms with Crippen LogP contribution in [0.3, 0.4) is 0 Å². The van der Waals surface area contributed by atoms with Crippen molar-refractivity contribution in [2.24, 2.45) is 5.92 Å². The van der Waals surface area contributed by atoms with Crippen LogP contribution in [0.5, 0.6) is 5.75 Å². The number of benzene rings is 1. The monoisotopic (exact) mass is 363 g/mol. The summed E-state index contributed by atoms with van der Waals surface area (Å²) in [6.45, 7) is 6.21. The summed E-state index contributed by atoms with van der Waals surface area (Å²) in [6, 6.07) is 11.9. The van der Waals surface area contributed by atoms with E-state index in [9.17, 15) is 4.79 Å². The second-order valence-electron chi connectivity index (χ2n) is 7.45. The number of fused-ring (bicyclic) bond motifs is 1. The molecule has 0 aliphatic carbocycles. The van der Waals surface area contributed by atoms with Crippen LogP contribution in [-0.4, -0.2) is 39.9 Å². The summed E-state index contributed by atoms with van der Waals surface area (Å²) >= 11 is 0. The molecule has 5 heteroatoms. The van der Waals surface area contributed by atoms with E-state index in [4.69, 9.17) is 4.74 Å². The summed E-state index contributed by atoms with van der Waals surface area (Å²) in [6.07, 6.45) is 5.93. The van der Waals surface area contributed by atoms with E-state index in [0.717, 1.165) is 43.0 Å². The van der Waals surface area contributed by atoms with Crippen LogP contribution in [0.15, 0.2) is 48.8 Å². The van der Waals surface area contributed by atoms with E-state index < -0.39 is 0 Å². The largest absolute Gasteiger partial charge is 0.493 e. The van der Waals surface area contributed by atoms with Crippen LogP contribution in [-0.2, 0) is 0 Å². The maximum Gasteiger partial charge on any atom is 0.255 e. The first-order chi connectivity index (χ1) is 13.1. The number of hydrogen-bond acceptors (Lipinski definition) is 3. The van der Waals surface area contributed by atoms with Gasteiger partial charge in [-0.3, -0.25) is 4.79 Å². The van der Waals surface area contributed by atoms with Crippen LogP contribution in [0.2, 0.25) is 0 Å². The van der Waals surface area contributed by atoms with E-state index in [-0.39, 0.29) is 5.91 Å². The summed E-state index contributed by atoms with van der Waals surface area (Å²) in [5.74, 6) is 1.35. The molecule has 4 rings (SSSR count). The number of piperidine rings is 1. The average molecular weight is 363 g/mol. The van der Waals surface area contributed by atoms with E-state index in [1.54, 1.807) is 0 Å². The number of aryl methyl sites for hydroxylation is 2. The fourth-order valence-corrected chi connectivity index (χ4v) is 3.73. The van der Waals surface area contributed by atoms with E-state index >= 15 is 0 Å². The van der Waals surface area contributed by atoms with E-state index in [1.165, 1.54) is 5.56 Å². The summed E-state index contributed by atoms with van der Waals surface area (Å²) in [4.78, 5) is 19.3. The van der Waals surface area contributed by atoms with Gasteiger partial charge in [0.05, 0.1) is 17.9 Å². The molecule has 27 heavy (non-hydrogen) atoms. The third kappa shape index (κ3) is 3.97. The maximum atomic E-state index is 13.0. The van der Waals surface area contributed by atoms with Gasteiger partial charge < -0.3 is 14.0 Å². The number of ether oxygens (including phenoxy) is 1. The van der Waals surface area contributed by atoms with Crippen LogP contribution in [0.25, 0.3) is 5.65 Å². The molecule has 0 unspecified atom stereocenters. The highest BCUT2D eigenvalue weighted by molar-refractivity contribution is 5.94. The van der Waals surface area contributed by atoms with Crippen LogP contribution in [0.1, 0.15) is 34.5 Å². The number of amides is 1. The first-order valence-electron chi connectivity index (χ1n) is 9.52. The summed E-state index contributed by atoms with van der Waals surface area (Å²) in [5, 5.41) is 0. The van der Waals surface area contributed by atoms with Crippen molar-refractivity contribution >= 4 is 11.6 Å². The summed E-state index contributed by atoms with van der Waals surface area (Å²) in [5.41, 5.74) is 3.72. The van der Waals surface area contributed by atoms with Gasteiger partial charge in [0.15, 0.2) is 0 Å². The lowest BCUT2D eigenvalue weighted by Gasteiger charge is -2.32. The smallest absolute Gasteiger partial charge is 0.255 e. The van der Waals surface area contributed by atoms with Gasteiger partial charge >= 0.3 is 0 Å². The highest BCUT2D eigenvalue weighted by Crippen LogP contribution is 2.21. The first kappa shape index (κ1) is 17.6. The van der Waals surface area contributed by atoms with Crippen molar-refractivity contribution in [1.29, 1.82) is 0 Å². The molecule has 140 valence electrons. The molecule has 5 nitrogen and oxygen atoms in total. The van der Waals surface area contributed by atoms with Crippen molar-refractivity contribution in [2.45, 2.75) is 26.7 Å². The van der Waals surface area contributed by atoms with Gasteiger partial charge in [-0.1, -0.05) is 12.1 Å². The molecule has 0 saturated carbocycles. The van der Waals surface area contributed by atoms with Gasteiger partial charge in [-0.15, -0.1) is 0 Å². The SMILES string of the molecule is Cc1cccc(OC[C@H]2CCCN(C(=O)c3ccc4nc(C)cn4c3)C2)c1. The quantitative estimate of drug-likeness (QED) is 0.707. The molecule has 1 fully saturated rings. The molecule has 1 atom stereocenters. The highest BCUT2D eigenvalue weighted by Gasteiger charge is 2.25. The number of likely N-dealkylation sites (tertiary alicyclic amines) is 1. The predicted molar refractivity (Wildman–Crippen MR) is 105 cm³/mol. The third-order valence-electron chi connectivity index (χ3n) is 5.10. The Balaban J connectivity index is 1.41.